The van der Waals surface area contributed by atoms with Crippen LogP contribution in [-0.2, 0) is 26.2 Å². The number of nitrogens with one attached hydrogen (secondary N) is 2. The minimum Gasteiger partial charge on any atom is -0.494 e. The number of carbonyl (C=O) groups is 2. The van der Waals surface area contributed by atoms with E-state index < -0.39 is 10.0 Å². The molecule has 0 radical (unpaired) electrons. The number of nitrogens with zero attached hydrogens (tertiary/aromatic N) is 1. The second-order valence-corrected chi connectivity index (χ2v) is 9.56. The lowest BCUT2D eigenvalue weighted by Gasteiger charge is -2.23. The molecule has 1 aliphatic heterocycles. The molecule has 1 saturated heterocycles. The molecule has 1 heterocycles. The normalized spacial score (nSPS) is 16.5. The Balaban J connectivity index is 1.54. The summed E-state index contributed by atoms with van der Waals surface area (Å²) in [5.41, 5.74) is 7.00. The summed E-state index contributed by atoms with van der Waals surface area (Å²) in [5.74, 6) is -0.0656. The van der Waals surface area contributed by atoms with Crippen molar-refractivity contribution in [3.8, 4) is 5.75 Å². The lowest BCUT2D eigenvalue weighted by atomic mass is 10.1. The van der Waals surface area contributed by atoms with Gasteiger partial charge in [-0.2, -0.15) is 0 Å². The number of hydrogen-bond donors (Lipinski definition) is 3. The minimum absolute atomic E-state index is 0.0295. The van der Waals surface area contributed by atoms with Gasteiger partial charge in [0.15, 0.2) is 0 Å². The van der Waals surface area contributed by atoms with Crippen molar-refractivity contribution in [3.63, 3.8) is 0 Å². The van der Waals surface area contributed by atoms with Crippen LogP contribution in [-0.4, -0.2) is 50.9 Å². The number of carbonyl (C=O) groups excluding carboxylic acids is 2. The predicted molar refractivity (Wildman–Crippen MR) is 125 cm³/mol. The third-order valence-electron chi connectivity index (χ3n) is 5.45. The molecule has 3 rings (SSSR count). The van der Waals surface area contributed by atoms with E-state index in [-0.39, 0.29) is 35.7 Å². The van der Waals surface area contributed by atoms with Crippen LogP contribution in [0.25, 0.3) is 0 Å². The van der Waals surface area contributed by atoms with Crippen LogP contribution in [0.15, 0.2) is 53.4 Å². The zero-order valence-electron chi connectivity index (χ0n) is 18.6. The SMILES string of the molecule is CCOc1ccc(S(=O)(=O)NCCC(=O)Nc2ccccc2CN2CCC[C@H]2C(N)=O)cc1. The molecule has 0 bridgehead atoms. The topological polar surface area (TPSA) is 131 Å². The van der Waals surface area contributed by atoms with Crippen molar-refractivity contribution in [2.45, 2.75) is 43.7 Å². The van der Waals surface area contributed by atoms with Crippen LogP contribution in [0.4, 0.5) is 5.69 Å². The van der Waals surface area contributed by atoms with E-state index in [1.165, 1.54) is 12.1 Å². The number of sulfonamides is 1. The zero-order valence-corrected chi connectivity index (χ0v) is 19.4. The number of amides is 2. The number of hydrogen-bond acceptors (Lipinski definition) is 6. The first-order chi connectivity index (χ1) is 15.8. The van der Waals surface area contributed by atoms with E-state index in [4.69, 9.17) is 10.5 Å². The summed E-state index contributed by atoms with van der Waals surface area (Å²) in [4.78, 5) is 26.2. The molecule has 1 atom stereocenters. The predicted octanol–water partition coefficient (Wildman–Crippen LogP) is 1.84. The maximum absolute atomic E-state index is 12.5. The first-order valence-corrected chi connectivity index (χ1v) is 12.4. The number of primary amides is 1. The van der Waals surface area contributed by atoms with Gasteiger partial charge in [0, 0.05) is 25.2 Å². The number of anilines is 1. The largest absolute Gasteiger partial charge is 0.494 e. The van der Waals surface area contributed by atoms with E-state index in [1.807, 2.05) is 30.0 Å². The fourth-order valence-corrected chi connectivity index (χ4v) is 4.85. The highest BCUT2D eigenvalue weighted by atomic mass is 32.2. The third kappa shape index (κ3) is 6.77. The van der Waals surface area contributed by atoms with Gasteiger partial charge in [0.25, 0.3) is 0 Å². The van der Waals surface area contributed by atoms with Crippen LogP contribution in [0.3, 0.4) is 0 Å². The Kier molecular flexibility index (Phi) is 8.43. The van der Waals surface area contributed by atoms with Crippen LogP contribution in [0.5, 0.6) is 5.75 Å². The van der Waals surface area contributed by atoms with Crippen molar-refractivity contribution in [2.24, 2.45) is 5.73 Å². The molecule has 0 unspecified atom stereocenters. The molecule has 10 heteroatoms. The molecule has 2 aromatic rings. The van der Waals surface area contributed by atoms with Gasteiger partial charge in [-0.15, -0.1) is 0 Å². The Morgan fingerprint density at radius 3 is 2.58 bits per heavy atom. The standard InChI is InChI=1S/C23H30N4O5S/c1-2-32-18-9-11-19(12-10-18)33(30,31)25-14-13-22(28)26-20-7-4-3-6-17(20)16-27-15-5-8-21(27)23(24)29/h3-4,6-7,9-12,21,25H,2,5,8,13-16H2,1H3,(H2,24,29)(H,26,28)/t21-/m0/s1. The zero-order chi connectivity index (χ0) is 23.8. The van der Waals surface area contributed by atoms with Gasteiger partial charge in [-0.25, -0.2) is 13.1 Å². The molecule has 2 aromatic carbocycles. The molecular formula is C23H30N4O5S. The van der Waals surface area contributed by atoms with Gasteiger partial charge in [0.1, 0.15) is 5.75 Å². The van der Waals surface area contributed by atoms with Gasteiger partial charge >= 0.3 is 0 Å². The summed E-state index contributed by atoms with van der Waals surface area (Å²) in [7, 11) is -3.73. The Morgan fingerprint density at radius 1 is 1.15 bits per heavy atom. The average Bonchev–Trinajstić information content (AvgIpc) is 3.24. The van der Waals surface area contributed by atoms with E-state index in [2.05, 4.69) is 10.0 Å². The number of para-hydroxylation sites is 1. The fourth-order valence-electron chi connectivity index (χ4n) is 3.81. The molecule has 2 amide bonds. The molecule has 0 spiro atoms. The highest BCUT2D eigenvalue weighted by Gasteiger charge is 2.29. The second kappa shape index (κ2) is 11.3. The Bertz CT molecular complexity index is 1070. The Hall–Kier alpha value is -2.95. The first-order valence-electron chi connectivity index (χ1n) is 10.9. The number of benzene rings is 2. The van der Waals surface area contributed by atoms with Gasteiger partial charge in [0.2, 0.25) is 21.8 Å². The van der Waals surface area contributed by atoms with E-state index in [1.54, 1.807) is 18.2 Å². The van der Waals surface area contributed by atoms with Gasteiger partial charge in [0.05, 0.1) is 17.5 Å². The first kappa shape index (κ1) is 24.7. The van der Waals surface area contributed by atoms with Crippen molar-refractivity contribution in [2.75, 3.05) is 25.0 Å². The fraction of sp³-hybridized carbons (Fsp3) is 0.391. The van der Waals surface area contributed by atoms with Crippen LogP contribution < -0.4 is 20.5 Å². The molecule has 178 valence electrons. The van der Waals surface area contributed by atoms with Gasteiger partial charge < -0.3 is 15.8 Å². The lowest BCUT2D eigenvalue weighted by molar-refractivity contribution is -0.122. The monoisotopic (exact) mass is 474 g/mol. The van der Waals surface area contributed by atoms with Crippen molar-refractivity contribution >= 4 is 27.5 Å². The quantitative estimate of drug-likeness (QED) is 0.456. The number of ether oxygens (including phenoxy) is 1. The van der Waals surface area contributed by atoms with Crippen molar-refractivity contribution in [3.05, 3.63) is 54.1 Å². The molecule has 1 aliphatic rings. The number of nitrogens with two attached hydrogens (primary N) is 1. The maximum atomic E-state index is 12.5. The Morgan fingerprint density at radius 2 is 1.88 bits per heavy atom. The smallest absolute Gasteiger partial charge is 0.240 e. The van der Waals surface area contributed by atoms with Crippen molar-refractivity contribution in [1.29, 1.82) is 0 Å². The molecule has 0 aromatic heterocycles. The van der Waals surface area contributed by atoms with Crippen LogP contribution in [0, 0.1) is 0 Å². The van der Waals surface area contributed by atoms with E-state index >= 15 is 0 Å². The molecule has 9 nitrogen and oxygen atoms in total. The van der Waals surface area contributed by atoms with Gasteiger partial charge in [-0.1, -0.05) is 18.2 Å². The number of rotatable bonds is 11. The van der Waals surface area contributed by atoms with Gasteiger partial charge in [-0.3, -0.25) is 14.5 Å². The Labute approximate surface area is 194 Å². The lowest BCUT2D eigenvalue weighted by Crippen LogP contribution is -2.39. The second-order valence-electron chi connectivity index (χ2n) is 7.79. The highest BCUT2D eigenvalue weighted by molar-refractivity contribution is 7.89. The van der Waals surface area contributed by atoms with Crippen molar-refractivity contribution < 1.29 is 22.7 Å². The molecule has 33 heavy (non-hydrogen) atoms. The summed E-state index contributed by atoms with van der Waals surface area (Å²) in [5, 5.41) is 2.84. The summed E-state index contributed by atoms with van der Waals surface area (Å²) in [6.07, 6.45) is 1.60. The average molecular weight is 475 g/mol. The van der Waals surface area contributed by atoms with E-state index in [0.717, 1.165) is 24.9 Å². The van der Waals surface area contributed by atoms with Crippen LogP contribution >= 0.6 is 0 Å². The molecular weight excluding hydrogens is 444 g/mol. The molecule has 0 saturated carbocycles. The molecule has 1 fully saturated rings. The molecule has 4 N–H and O–H groups in total. The summed E-state index contributed by atoms with van der Waals surface area (Å²) < 4.78 is 32.7. The summed E-state index contributed by atoms with van der Waals surface area (Å²) >= 11 is 0. The third-order valence-corrected chi connectivity index (χ3v) is 6.92. The summed E-state index contributed by atoms with van der Waals surface area (Å²) in [6, 6.07) is 13.1. The maximum Gasteiger partial charge on any atom is 0.240 e. The molecule has 0 aliphatic carbocycles. The van der Waals surface area contributed by atoms with Crippen LogP contribution in [0.1, 0.15) is 31.7 Å². The van der Waals surface area contributed by atoms with Gasteiger partial charge in [-0.05, 0) is 62.2 Å². The highest BCUT2D eigenvalue weighted by Crippen LogP contribution is 2.24. The number of likely N-dealkylation sites (tertiary alicyclic amines) is 1. The van der Waals surface area contributed by atoms with E-state index in [0.29, 0.717) is 24.6 Å². The summed E-state index contributed by atoms with van der Waals surface area (Å²) in [6.45, 7) is 3.56. The van der Waals surface area contributed by atoms with Crippen LogP contribution in [0.2, 0.25) is 0 Å². The minimum atomic E-state index is -3.73. The van der Waals surface area contributed by atoms with E-state index in [9.17, 15) is 18.0 Å². The van der Waals surface area contributed by atoms with Crippen molar-refractivity contribution in [1.82, 2.24) is 9.62 Å².